The highest BCUT2D eigenvalue weighted by Gasteiger charge is 2.37. The molecular weight excluding hydrogens is 385 g/mol. The lowest BCUT2D eigenvalue weighted by molar-refractivity contribution is -0.383. The summed E-state index contributed by atoms with van der Waals surface area (Å²) in [6.45, 7) is 3.77. The zero-order chi connectivity index (χ0) is 20.7. The SMILES string of the molecule is CCOP(=O)(OCC)C(Nc1ccc(N)c([N+](=O)[O-])c1)c1ccc(OC)cc1. The van der Waals surface area contributed by atoms with Gasteiger partial charge in [-0.3, -0.25) is 14.7 Å². The van der Waals surface area contributed by atoms with Crippen molar-refractivity contribution in [3.63, 3.8) is 0 Å². The molecule has 28 heavy (non-hydrogen) atoms. The number of anilines is 2. The third-order valence-corrected chi connectivity index (χ3v) is 6.19. The van der Waals surface area contributed by atoms with Gasteiger partial charge in [-0.15, -0.1) is 0 Å². The molecule has 2 aromatic carbocycles. The van der Waals surface area contributed by atoms with Crippen LogP contribution in [0.5, 0.6) is 5.75 Å². The monoisotopic (exact) mass is 409 g/mol. The predicted octanol–water partition coefficient (Wildman–Crippen LogP) is 4.56. The van der Waals surface area contributed by atoms with E-state index < -0.39 is 18.3 Å². The molecule has 0 radical (unpaired) electrons. The van der Waals surface area contributed by atoms with Gasteiger partial charge >= 0.3 is 7.60 Å². The number of hydrogen-bond acceptors (Lipinski definition) is 8. The molecule has 9 nitrogen and oxygen atoms in total. The molecule has 0 aliphatic carbocycles. The van der Waals surface area contributed by atoms with Crippen molar-refractivity contribution in [3.8, 4) is 5.75 Å². The van der Waals surface area contributed by atoms with E-state index in [2.05, 4.69) is 5.32 Å². The van der Waals surface area contributed by atoms with Crippen LogP contribution in [0.3, 0.4) is 0 Å². The molecule has 1 unspecified atom stereocenters. The highest BCUT2D eigenvalue weighted by atomic mass is 31.2. The van der Waals surface area contributed by atoms with Crippen molar-refractivity contribution in [1.29, 1.82) is 0 Å². The molecular formula is C18H24N3O6P. The standard InChI is InChI=1S/C18H24N3O6P/c1-4-26-28(24,27-5-2)18(13-6-9-15(25-3)10-7-13)20-14-8-11-16(19)17(12-14)21(22)23/h6-12,18,20H,4-5,19H2,1-3H3. The minimum absolute atomic E-state index is 0.0364. The van der Waals surface area contributed by atoms with Gasteiger partial charge in [0.15, 0.2) is 5.78 Å². The lowest BCUT2D eigenvalue weighted by atomic mass is 10.2. The van der Waals surface area contributed by atoms with Gasteiger partial charge in [0.1, 0.15) is 11.4 Å². The van der Waals surface area contributed by atoms with Crippen LogP contribution in [0, 0.1) is 10.1 Å². The van der Waals surface area contributed by atoms with Gasteiger partial charge < -0.3 is 24.8 Å². The van der Waals surface area contributed by atoms with Crippen LogP contribution < -0.4 is 15.8 Å². The van der Waals surface area contributed by atoms with Crippen LogP contribution in [0.4, 0.5) is 17.1 Å². The number of nitrogen functional groups attached to an aromatic ring is 1. The lowest BCUT2D eigenvalue weighted by Gasteiger charge is -2.28. The maximum absolute atomic E-state index is 13.5. The van der Waals surface area contributed by atoms with Crippen LogP contribution in [0.1, 0.15) is 25.2 Å². The third kappa shape index (κ3) is 5.01. The number of benzene rings is 2. The van der Waals surface area contributed by atoms with Crippen molar-refractivity contribution < 1.29 is 23.3 Å². The lowest BCUT2D eigenvalue weighted by Crippen LogP contribution is -2.15. The average molecular weight is 409 g/mol. The zero-order valence-electron chi connectivity index (χ0n) is 16.0. The maximum Gasteiger partial charge on any atom is 0.357 e. The molecule has 0 saturated carbocycles. The van der Waals surface area contributed by atoms with Crippen LogP contribution in [0.15, 0.2) is 42.5 Å². The summed E-state index contributed by atoms with van der Waals surface area (Å²) < 4.78 is 29.6. The van der Waals surface area contributed by atoms with Crippen LogP contribution in [0.2, 0.25) is 0 Å². The summed E-state index contributed by atoms with van der Waals surface area (Å²) in [4.78, 5) is 10.6. The zero-order valence-corrected chi connectivity index (χ0v) is 16.8. The Morgan fingerprint density at radius 1 is 1.14 bits per heavy atom. The van der Waals surface area contributed by atoms with E-state index in [1.807, 2.05) is 0 Å². The second-order valence-corrected chi connectivity index (χ2v) is 7.84. The third-order valence-electron chi connectivity index (χ3n) is 3.90. The minimum atomic E-state index is -3.64. The van der Waals surface area contributed by atoms with Crippen LogP contribution in [-0.2, 0) is 13.6 Å². The number of nitrogens with two attached hydrogens (primary N) is 1. The van der Waals surface area contributed by atoms with E-state index in [1.54, 1.807) is 51.3 Å². The summed E-state index contributed by atoms with van der Waals surface area (Å²) >= 11 is 0. The minimum Gasteiger partial charge on any atom is -0.497 e. The summed E-state index contributed by atoms with van der Waals surface area (Å²) in [5.74, 6) is -0.255. The maximum atomic E-state index is 13.5. The summed E-state index contributed by atoms with van der Waals surface area (Å²) in [6, 6.07) is 11.2. The van der Waals surface area contributed by atoms with E-state index in [-0.39, 0.29) is 24.6 Å². The van der Waals surface area contributed by atoms with Crippen LogP contribution in [0.25, 0.3) is 0 Å². The van der Waals surface area contributed by atoms with Gasteiger partial charge in [-0.2, -0.15) is 0 Å². The Morgan fingerprint density at radius 2 is 1.75 bits per heavy atom. The Kier molecular flexibility index (Phi) is 7.39. The Balaban J connectivity index is 2.49. The molecule has 2 aromatic rings. The van der Waals surface area contributed by atoms with E-state index in [1.165, 1.54) is 12.1 Å². The number of nitro benzene ring substituents is 1. The number of nitrogens with zero attached hydrogens (tertiary/aromatic N) is 1. The van der Waals surface area contributed by atoms with Gasteiger partial charge in [-0.05, 0) is 43.7 Å². The second-order valence-electron chi connectivity index (χ2n) is 5.73. The van der Waals surface area contributed by atoms with Crippen LogP contribution >= 0.6 is 7.60 Å². The van der Waals surface area contributed by atoms with Gasteiger partial charge in [0.25, 0.3) is 5.69 Å². The molecule has 0 spiro atoms. The summed E-state index contributed by atoms with van der Waals surface area (Å²) in [5, 5.41) is 14.2. The van der Waals surface area contributed by atoms with Crippen molar-refractivity contribution >= 4 is 24.7 Å². The molecule has 1 atom stereocenters. The summed E-state index contributed by atoms with van der Waals surface area (Å²) in [6.07, 6.45) is 0. The number of ether oxygens (including phenoxy) is 1. The smallest absolute Gasteiger partial charge is 0.357 e. The van der Waals surface area contributed by atoms with Crippen molar-refractivity contribution in [3.05, 3.63) is 58.1 Å². The van der Waals surface area contributed by atoms with Crippen molar-refractivity contribution in [2.45, 2.75) is 19.6 Å². The molecule has 3 N–H and O–H groups in total. The van der Waals surface area contributed by atoms with Gasteiger partial charge in [-0.1, -0.05) is 12.1 Å². The molecule has 152 valence electrons. The van der Waals surface area contributed by atoms with Crippen LogP contribution in [-0.4, -0.2) is 25.2 Å². The molecule has 0 amide bonds. The van der Waals surface area contributed by atoms with E-state index in [9.17, 15) is 14.7 Å². The highest BCUT2D eigenvalue weighted by Crippen LogP contribution is 2.61. The van der Waals surface area contributed by atoms with Crippen molar-refractivity contribution in [2.75, 3.05) is 31.4 Å². The number of nitrogens with one attached hydrogen (secondary N) is 1. The highest BCUT2D eigenvalue weighted by molar-refractivity contribution is 7.54. The molecule has 0 fully saturated rings. The van der Waals surface area contributed by atoms with Gasteiger partial charge in [0.05, 0.1) is 25.2 Å². The van der Waals surface area contributed by atoms with E-state index >= 15 is 0 Å². The molecule has 0 saturated heterocycles. The molecule has 10 heteroatoms. The number of hydrogen-bond donors (Lipinski definition) is 2. The van der Waals surface area contributed by atoms with Gasteiger partial charge in [0, 0.05) is 11.8 Å². The molecule has 2 rings (SSSR count). The first-order valence-corrected chi connectivity index (χ1v) is 10.3. The first kappa shape index (κ1) is 21.7. The molecule has 0 aromatic heterocycles. The average Bonchev–Trinajstić information content (AvgIpc) is 2.67. The largest absolute Gasteiger partial charge is 0.497 e. The fourth-order valence-electron chi connectivity index (χ4n) is 2.63. The predicted molar refractivity (Wildman–Crippen MR) is 108 cm³/mol. The number of rotatable bonds is 10. The van der Waals surface area contributed by atoms with Gasteiger partial charge in [0.2, 0.25) is 0 Å². The molecule has 0 aliphatic rings. The quantitative estimate of drug-likeness (QED) is 0.253. The number of nitro groups is 1. The molecule has 0 aliphatic heterocycles. The first-order chi connectivity index (χ1) is 13.3. The van der Waals surface area contributed by atoms with Gasteiger partial charge in [-0.25, -0.2) is 0 Å². The molecule has 0 bridgehead atoms. The summed E-state index contributed by atoms with van der Waals surface area (Å²) in [5.41, 5.74) is 6.42. The van der Waals surface area contributed by atoms with E-state index in [0.717, 1.165) is 0 Å². The Morgan fingerprint density at radius 3 is 2.25 bits per heavy atom. The van der Waals surface area contributed by atoms with E-state index in [4.69, 9.17) is 19.5 Å². The van der Waals surface area contributed by atoms with Crippen molar-refractivity contribution in [1.82, 2.24) is 0 Å². The Hall–Kier alpha value is -2.61. The normalized spacial score (nSPS) is 12.4. The first-order valence-electron chi connectivity index (χ1n) is 8.67. The Labute approximate surface area is 163 Å². The fraction of sp³-hybridized carbons (Fsp3) is 0.333. The van der Waals surface area contributed by atoms with Crippen molar-refractivity contribution in [2.24, 2.45) is 0 Å². The fourth-order valence-corrected chi connectivity index (χ4v) is 4.56. The van der Waals surface area contributed by atoms with E-state index in [0.29, 0.717) is 17.0 Å². The summed E-state index contributed by atoms with van der Waals surface area (Å²) in [7, 11) is -2.10. The second kappa shape index (κ2) is 9.54. The Bertz CT molecular complexity index is 849. The topological polar surface area (TPSA) is 126 Å². The number of methoxy groups -OCH3 is 1. The molecule has 0 heterocycles.